The van der Waals surface area contributed by atoms with Gasteiger partial charge in [-0.3, -0.25) is 4.79 Å². The van der Waals surface area contributed by atoms with Crippen molar-refractivity contribution in [2.24, 2.45) is 0 Å². The zero-order valence-corrected chi connectivity index (χ0v) is 10.4. The molecule has 1 fully saturated rings. The van der Waals surface area contributed by atoms with Crippen molar-refractivity contribution in [2.75, 3.05) is 13.1 Å². The Morgan fingerprint density at radius 3 is 2.50 bits per heavy atom. The van der Waals surface area contributed by atoms with Crippen LogP contribution in [-0.4, -0.2) is 35.7 Å². The van der Waals surface area contributed by atoms with E-state index in [2.05, 4.69) is 10.6 Å². The molecule has 1 saturated carbocycles. The lowest BCUT2D eigenvalue weighted by Crippen LogP contribution is -2.40. The molecule has 1 aliphatic rings. The molecule has 0 aromatic rings. The molecule has 94 valence electrons. The standard InChI is InChI=1S/C12H24N2O2/c1-3-12(16,4-2)9-13-8-7-11(15)14-10-5-6-10/h10,13,16H,3-9H2,1-2H3,(H,14,15). The summed E-state index contributed by atoms with van der Waals surface area (Å²) in [5.41, 5.74) is -0.618. The van der Waals surface area contributed by atoms with Crippen LogP contribution in [0.15, 0.2) is 0 Å². The van der Waals surface area contributed by atoms with E-state index in [-0.39, 0.29) is 5.91 Å². The van der Waals surface area contributed by atoms with Crippen LogP contribution >= 0.6 is 0 Å². The minimum absolute atomic E-state index is 0.117. The molecule has 0 saturated heterocycles. The smallest absolute Gasteiger partial charge is 0.221 e. The fraction of sp³-hybridized carbons (Fsp3) is 0.917. The maximum Gasteiger partial charge on any atom is 0.221 e. The van der Waals surface area contributed by atoms with Crippen molar-refractivity contribution in [1.82, 2.24) is 10.6 Å². The van der Waals surface area contributed by atoms with E-state index in [0.717, 1.165) is 25.7 Å². The van der Waals surface area contributed by atoms with E-state index in [9.17, 15) is 9.90 Å². The van der Waals surface area contributed by atoms with Gasteiger partial charge in [0.25, 0.3) is 0 Å². The van der Waals surface area contributed by atoms with Crippen molar-refractivity contribution < 1.29 is 9.90 Å². The Labute approximate surface area is 97.8 Å². The number of hydrogen-bond donors (Lipinski definition) is 3. The summed E-state index contributed by atoms with van der Waals surface area (Å²) in [5, 5.41) is 16.1. The molecule has 0 atom stereocenters. The summed E-state index contributed by atoms with van der Waals surface area (Å²) in [6, 6.07) is 0.440. The molecule has 0 aromatic carbocycles. The lowest BCUT2D eigenvalue weighted by atomic mass is 9.98. The van der Waals surface area contributed by atoms with E-state index in [4.69, 9.17) is 0 Å². The maximum absolute atomic E-state index is 11.3. The summed E-state index contributed by atoms with van der Waals surface area (Å²) in [6.45, 7) is 5.16. The first-order valence-corrected chi connectivity index (χ1v) is 6.32. The van der Waals surface area contributed by atoms with Gasteiger partial charge in [0, 0.05) is 25.6 Å². The summed E-state index contributed by atoms with van der Waals surface area (Å²) in [6.07, 6.45) is 4.24. The average Bonchev–Trinajstić information content (AvgIpc) is 3.08. The molecule has 1 aliphatic carbocycles. The summed E-state index contributed by atoms with van der Waals surface area (Å²) >= 11 is 0. The summed E-state index contributed by atoms with van der Waals surface area (Å²) in [7, 11) is 0. The quantitative estimate of drug-likeness (QED) is 0.538. The van der Waals surface area contributed by atoms with E-state index < -0.39 is 5.60 Å². The third-order valence-corrected chi connectivity index (χ3v) is 3.24. The topological polar surface area (TPSA) is 61.4 Å². The van der Waals surface area contributed by atoms with Crippen LogP contribution in [0.2, 0.25) is 0 Å². The highest BCUT2D eigenvalue weighted by atomic mass is 16.3. The molecular weight excluding hydrogens is 204 g/mol. The number of nitrogens with one attached hydrogen (secondary N) is 2. The summed E-state index contributed by atoms with van der Waals surface area (Å²) < 4.78 is 0. The second-order valence-electron chi connectivity index (χ2n) is 4.70. The number of amides is 1. The monoisotopic (exact) mass is 228 g/mol. The van der Waals surface area contributed by atoms with E-state index in [1.807, 2.05) is 13.8 Å². The molecule has 0 heterocycles. The zero-order valence-electron chi connectivity index (χ0n) is 10.4. The van der Waals surface area contributed by atoms with Gasteiger partial charge >= 0.3 is 0 Å². The van der Waals surface area contributed by atoms with Crippen LogP contribution in [0.4, 0.5) is 0 Å². The minimum atomic E-state index is -0.618. The molecule has 0 spiro atoms. The Kier molecular flexibility index (Phi) is 5.22. The van der Waals surface area contributed by atoms with Crippen LogP contribution in [0.3, 0.4) is 0 Å². The second-order valence-corrected chi connectivity index (χ2v) is 4.70. The maximum atomic E-state index is 11.3. The molecule has 0 bridgehead atoms. The van der Waals surface area contributed by atoms with E-state index in [1.165, 1.54) is 0 Å². The third kappa shape index (κ3) is 4.94. The van der Waals surface area contributed by atoms with E-state index in [0.29, 0.717) is 25.6 Å². The molecule has 0 aliphatic heterocycles. The molecule has 16 heavy (non-hydrogen) atoms. The van der Waals surface area contributed by atoms with Crippen molar-refractivity contribution in [3.8, 4) is 0 Å². The highest BCUT2D eigenvalue weighted by Crippen LogP contribution is 2.18. The minimum Gasteiger partial charge on any atom is -0.389 e. The zero-order chi connectivity index (χ0) is 12.0. The van der Waals surface area contributed by atoms with Gasteiger partial charge in [-0.2, -0.15) is 0 Å². The van der Waals surface area contributed by atoms with Crippen LogP contribution < -0.4 is 10.6 Å². The number of hydrogen-bond acceptors (Lipinski definition) is 3. The summed E-state index contributed by atoms with van der Waals surface area (Å²) in [4.78, 5) is 11.3. The first kappa shape index (κ1) is 13.5. The SMILES string of the molecule is CCC(O)(CC)CNCCC(=O)NC1CC1. The Balaban J connectivity index is 2.03. The highest BCUT2D eigenvalue weighted by molar-refractivity contribution is 5.76. The molecular formula is C12H24N2O2. The Bertz CT molecular complexity index is 223. The van der Waals surface area contributed by atoms with E-state index in [1.54, 1.807) is 0 Å². The number of rotatable bonds is 8. The number of carbonyl (C=O) groups is 1. The normalized spacial score (nSPS) is 16.2. The van der Waals surface area contributed by atoms with E-state index >= 15 is 0 Å². The van der Waals surface area contributed by atoms with Gasteiger partial charge < -0.3 is 15.7 Å². The van der Waals surface area contributed by atoms with Crippen molar-refractivity contribution in [3.05, 3.63) is 0 Å². The first-order chi connectivity index (χ1) is 7.59. The molecule has 3 N–H and O–H groups in total. The Morgan fingerprint density at radius 1 is 1.38 bits per heavy atom. The van der Waals surface area contributed by atoms with Crippen LogP contribution in [0.25, 0.3) is 0 Å². The van der Waals surface area contributed by atoms with Crippen molar-refractivity contribution in [3.63, 3.8) is 0 Å². The van der Waals surface area contributed by atoms with Gasteiger partial charge in [0.1, 0.15) is 0 Å². The molecule has 1 amide bonds. The first-order valence-electron chi connectivity index (χ1n) is 6.32. The van der Waals surface area contributed by atoms with Crippen molar-refractivity contribution in [1.29, 1.82) is 0 Å². The van der Waals surface area contributed by atoms with Gasteiger partial charge in [-0.15, -0.1) is 0 Å². The summed E-state index contributed by atoms with van der Waals surface area (Å²) in [5.74, 6) is 0.117. The highest BCUT2D eigenvalue weighted by Gasteiger charge is 2.23. The lowest BCUT2D eigenvalue weighted by Gasteiger charge is -2.25. The van der Waals surface area contributed by atoms with Gasteiger partial charge in [-0.25, -0.2) is 0 Å². The fourth-order valence-corrected chi connectivity index (χ4v) is 1.55. The second kappa shape index (κ2) is 6.21. The molecule has 1 rings (SSSR count). The molecule has 4 heteroatoms. The Hall–Kier alpha value is -0.610. The fourth-order valence-electron chi connectivity index (χ4n) is 1.55. The largest absolute Gasteiger partial charge is 0.389 e. The molecule has 4 nitrogen and oxygen atoms in total. The molecule has 0 radical (unpaired) electrons. The van der Waals surface area contributed by atoms with Gasteiger partial charge in [-0.1, -0.05) is 13.8 Å². The predicted octanol–water partition coefficient (Wildman–Crippen LogP) is 0.796. The molecule has 0 unspecified atom stereocenters. The number of carbonyl (C=O) groups excluding carboxylic acids is 1. The molecule has 0 aromatic heterocycles. The van der Waals surface area contributed by atoms with Gasteiger partial charge in [0.2, 0.25) is 5.91 Å². The average molecular weight is 228 g/mol. The van der Waals surface area contributed by atoms with Crippen LogP contribution in [-0.2, 0) is 4.79 Å². The van der Waals surface area contributed by atoms with Crippen LogP contribution in [0, 0.1) is 0 Å². The lowest BCUT2D eigenvalue weighted by molar-refractivity contribution is -0.121. The third-order valence-electron chi connectivity index (χ3n) is 3.24. The van der Waals surface area contributed by atoms with Crippen LogP contribution in [0.1, 0.15) is 46.0 Å². The van der Waals surface area contributed by atoms with Gasteiger partial charge in [0.05, 0.1) is 5.60 Å². The van der Waals surface area contributed by atoms with Gasteiger partial charge in [-0.05, 0) is 25.7 Å². The van der Waals surface area contributed by atoms with Crippen LogP contribution in [0.5, 0.6) is 0 Å². The number of aliphatic hydroxyl groups is 1. The Morgan fingerprint density at radius 2 is 2.00 bits per heavy atom. The predicted molar refractivity (Wildman–Crippen MR) is 64.2 cm³/mol. The van der Waals surface area contributed by atoms with Crippen molar-refractivity contribution in [2.45, 2.75) is 57.6 Å². The van der Waals surface area contributed by atoms with Gasteiger partial charge in [0.15, 0.2) is 0 Å². The van der Waals surface area contributed by atoms with Crippen molar-refractivity contribution >= 4 is 5.91 Å².